The van der Waals surface area contributed by atoms with E-state index < -0.39 is 5.97 Å². The summed E-state index contributed by atoms with van der Waals surface area (Å²) in [6.45, 7) is 5.38. The van der Waals surface area contributed by atoms with Crippen LogP contribution in [0.3, 0.4) is 0 Å². The van der Waals surface area contributed by atoms with Crippen LogP contribution in [0.4, 0.5) is 5.69 Å². The van der Waals surface area contributed by atoms with Gasteiger partial charge in [0.05, 0.1) is 27.6 Å². The van der Waals surface area contributed by atoms with Crippen LogP contribution in [0.15, 0.2) is 86.8 Å². The molecule has 0 saturated carbocycles. The normalized spacial score (nSPS) is 14.5. The first kappa shape index (κ1) is 22.8. The number of esters is 1. The molecule has 0 spiro atoms. The van der Waals surface area contributed by atoms with Gasteiger partial charge in [-0.3, -0.25) is 4.79 Å². The summed E-state index contributed by atoms with van der Waals surface area (Å²) in [6.07, 6.45) is 3.13. The maximum Gasteiger partial charge on any atom is 0.339 e. The van der Waals surface area contributed by atoms with Crippen molar-refractivity contribution in [2.24, 2.45) is 5.10 Å². The molecule has 166 valence electrons. The smallest absolute Gasteiger partial charge is 0.339 e. The van der Waals surface area contributed by atoms with Crippen molar-refractivity contribution in [1.82, 2.24) is 0 Å². The zero-order valence-corrected chi connectivity index (χ0v) is 19.9. The number of anilines is 1. The van der Waals surface area contributed by atoms with Gasteiger partial charge in [0.25, 0.3) is 5.91 Å². The van der Waals surface area contributed by atoms with Crippen molar-refractivity contribution in [1.29, 1.82) is 0 Å². The Labute approximate surface area is 203 Å². The number of hydrogen-bond donors (Lipinski definition) is 0. The number of furan rings is 1. The number of carbonyl (C=O) groups is 2. The Hall–Kier alpha value is -3.42. The molecule has 0 atom stereocenters. The molecule has 0 unspecified atom stereocenters. The number of amides is 1. The number of rotatable bonds is 6. The lowest BCUT2D eigenvalue weighted by Gasteiger charge is -2.11. The number of ether oxygens (including phenoxy) is 1. The minimum atomic E-state index is -0.549. The number of benzene rings is 2. The molecule has 0 N–H and O–H groups in total. The van der Waals surface area contributed by atoms with Crippen molar-refractivity contribution < 1.29 is 18.7 Å². The van der Waals surface area contributed by atoms with Gasteiger partial charge < -0.3 is 9.15 Å². The van der Waals surface area contributed by atoms with Crippen LogP contribution in [0.2, 0.25) is 5.02 Å². The van der Waals surface area contributed by atoms with E-state index in [0.717, 1.165) is 4.47 Å². The first-order chi connectivity index (χ1) is 15.9. The van der Waals surface area contributed by atoms with Crippen LogP contribution < -0.4 is 5.01 Å². The lowest BCUT2D eigenvalue weighted by Crippen LogP contribution is -2.21. The summed E-state index contributed by atoms with van der Waals surface area (Å²) in [5, 5.41) is 6.01. The highest BCUT2D eigenvalue weighted by Gasteiger charge is 2.29. The number of halogens is 2. The predicted molar refractivity (Wildman–Crippen MR) is 132 cm³/mol. The molecule has 0 bridgehead atoms. The van der Waals surface area contributed by atoms with Crippen molar-refractivity contribution in [3.63, 3.8) is 0 Å². The van der Waals surface area contributed by atoms with E-state index in [1.807, 2.05) is 24.3 Å². The first-order valence-electron chi connectivity index (χ1n) is 9.92. The molecule has 1 aliphatic heterocycles. The maximum absolute atomic E-state index is 12.9. The van der Waals surface area contributed by atoms with Gasteiger partial charge in [0, 0.05) is 10.0 Å². The number of nitrogens with zero attached hydrogens (tertiary/aromatic N) is 2. The van der Waals surface area contributed by atoms with Crippen LogP contribution in [0, 0.1) is 0 Å². The summed E-state index contributed by atoms with van der Waals surface area (Å²) < 4.78 is 11.9. The van der Waals surface area contributed by atoms with Crippen LogP contribution in [-0.2, 0) is 9.53 Å². The second-order valence-corrected chi connectivity index (χ2v) is 8.44. The highest BCUT2D eigenvalue weighted by molar-refractivity contribution is 9.10. The van der Waals surface area contributed by atoms with Crippen molar-refractivity contribution in [2.75, 3.05) is 11.6 Å². The molecular formula is C25H18BrClN2O4. The maximum atomic E-state index is 12.9. The molecule has 8 heteroatoms. The number of carbonyl (C=O) groups excluding carboxylic acids is 2. The Kier molecular flexibility index (Phi) is 6.62. The lowest BCUT2D eigenvalue weighted by atomic mass is 10.1. The Bertz CT molecular complexity index is 1310. The molecule has 4 rings (SSSR count). The minimum absolute atomic E-state index is 0.0874. The third-order valence-electron chi connectivity index (χ3n) is 4.85. The van der Waals surface area contributed by atoms with Crippen molar-refractivity contribution in [3.05, 3.63) is 93.6 Å². The van der Waals surface area contributed by atoms with Crippen molar-refractivity contribution in [2.45, 2.75) is 6.92 Å². The molecule has 0 radical (unpaired) electrons. The van der Waals surface area contributed by atoms with Gasteiger partial charge in [0.15, 0.2) is 0 Å². The molecule has 33 heavy (non-hydrogen) atoms. The average Bonchev–Trinajstić information content (AvgIpc) is 3.38. The van der Waals surface area contributed by atoms with E-state index in [4.69, 9.17) is 20.8 Å². The lowest BCUT2D eigenvalue weighted by molar-refractivity contribution is -0.114. The van der Waals surface area contributed by atoms with Crippen LogP contribution >= 0.6 is 27.5 Å². The average molecular weight is 526 g/mol. The highest BCUT2D eigenvalue weighted by Crippen LogP contribution is 2.30. The first-order valence-corrected chi connectivity index (χ1v) is 11.1. The van der Waals surface area contributed by atoms with Gasteiger partial charge in [0.1, 0.15) is 18.1 Å². The molecule has 1 aromatic heterocycles. The standard InChI is InChI=1S/C25H18BrClN2O4/c1-3-12-32-25(31)21-13-16(4-10-22(21)27)23-11-9-19(33-23)14-20-15(2)28-29(24(20)30)18-7-5-17(26)6-8-18/h3-11,13-14H,1,12H2,2H3/b20-14+. The molecule has 1 amide bonds. The molecule has 0 aliphatic carbocycles. The molecule has 0 saturated heterocycles. The summed E-state index contributed by atoms with van der Waals surface area (Å²) in [7, 11) is 0. The third-order valence-corrected chi connectivity index (χ3v) is 5.71. The predicted octanol–water partition coefficient (Wildman–Crippen LogP) is 6.51. The van der Waals surface area contributed by atoms with Gasteiger partial charge in [-0.15, -0.1) is 0 Å². The largest absolute Gasteiger partial charge is 0.458 e. The third kappa shape index (κ3) is 4.84. The van der Waals surface area contributed by atoms with Gasteiger partial charge in [-0.2, -0.15) is 10.1 Å². The summed E-state index contributed by atoms with van der Waals surface area (Å²) in [4.78, 5) is 25.2. The molecule has 6 nitrogen and oxygen atoms in total. The molecule has 2 aromatic carbocycles. The van der Waals surface area contributed by atoms with E-state index in [0.29, 0.717) is 34.1 Å². The molecule has 3 aromatic rings. The van der Waals surface area contributed by atoms with E-state index in [-0.39, 0.29) is 23.1 Å². The molecule has 2 heterocycles. The monoisotopic (exact) mass is 524 g/mol. The Morgan fingerprint density at radius 3 is 2.70 bits per heavy atom. The van der Waals surface area contributed by atoms with Crippen LogP contribution in [-0.4, -0.2) is 24.2 Å². The quantitative estimate of drug-likeness (QED) is 0.209. The van der Waals surface area contributed by atoms with E-state index in [1.165, 1.54) is 11.1 Å². The summed E-state index contributed by atoms with van der Waals surface area (Å²) in [5.41, 5.74) is 2.56. The summed E-state index contributed by atoms with van der Waals surface area (Å²) >= 11 is 9.54. The van der Waals surface area contributed by atoms with E-state index in [9.17, 15) is 9.59 Å². The van der Waals surface area contributed by atoms with Crippen LogP contribution in [0.5, 0.6) is 0 Å². The van der Waals surface area contributed by atoms with Crippen LogP contribution in [0.1, 0.15) is 23.0 Å². The second-order valence-electron chi connectivity index (χ2n) is 7.12. The van der Waals surface area contributed by atoms with Crippen molar-refractivity contribution in [3.8, 4) is 11.3 Å². The molecular weight excluding hydrogens is 508 g/mol. The Balaban J connectivity index is 1.58. The summed E-state index contributed by atoms with van der Waals surface area (Å²) in [5.74, 6) is 0.200. The number of hydrazone groups is 1. The fraction of sp³-hybridized carbons (Fsp3) is 0.0800. The van der Waals surface area contributed by atoms with Gasteiger partial charge in [-0.1, -0.05) is 40.2 Å². The van der Waals surface area contributed by atoms with Gasteiger partial charge in [-0.05, 0) is 67.6 Å². The van der Waals surface area contributed by atoms with E-state index >= 15 is 0 Å². The zero-order valence-electron chi connectivity index (χ0n) is 17.5. The molecule has 1 aliphatic rings. The Morgan fingerprint density at radius 1 is 1.21 bits per heavy atom. The fourth-order valence-corrected chi connectivity index (χ4v) is 3.68. The summed E-state index contributed by atoms with van der Waals surface area (Å²) in [6, 6.07) is 15.8. The van der Waals surface area contributed by atoms with Crippen molar-refractivity contribution >= 4 is 56.9 Å². The second kappa shape index (κ2) is 9.60. The van der Waals surface area contributed by atoms with E-state index in [1.54, 1.807) is 43.3 Å². The Morgan fingerprint density at radius 2 is 1.97 bits per heavy atom. The number of hydrogen-bond acceptors (Lipinski definition) is 5. The van der Waals surface area contributed by atoms with Gasteiger partial charge in [0.2, 0.25) is 0 Å². The van der Waals surface area contributed by atoms with Gasteiger partial charge >= 0.3 is 5.97 Å². The zero-order chi connectivity index (χ0) is 23.5. The van der Waals surface area contributed by atoms with E-state index in [2.05, 4.69) is 27.6 Å². The topological polar surface area (TPSA) is 72.1 Å². The SMILES string of the molecule is C=CCOC(=O)c1cc(-c2ccc(/C=C3/C(=O)N(c4ccc(Br)cc4)N=C3C)o2)ccc1Cl. The highest BCUT2D eigenvalue weighted by atomic mass is 79.9. The van der Waals surface area contributed by atoms with Crippen LogP contribution in [0.25, 0.3) is 17.4 Å². The fourth-order valence-electron chi connectivity index (χ4n) is 3.22. The molecule has 0 fully saturated rings. The van der Waals surface area contributed by atoms with Gasteiger partial charge in [-0.25, -0.2) is 4.79 Å². The minimum Gasteiger partial charge on any atom is -0.458 e.